The van der Waals surface area contributed by atoms with Crippen LogP contribution in [-0.2, 0) is 15.1 Å². The molecule has 2 N–H and O–H groups in total. The molecular formula is C15H20FNO2. The van der Waals surface area contributed by atoms with Gasteiger partial charge in [-0.25, -0.2) is 4.39 Å². The third-order valence-electron chi connectivity index (χ3n) is 3.37. The van der Waals surface area contributed by atoms with Crippen molar-refractivity contribution >= 4 is 11.6 Å². The standard InChI is InChI=1S/C15H20FNO2/c1-9-5-6-13(16)12(7-9)15(4,17)8-14(19)10(2)11(3)18/h5-7,10H,8,17H2,1-4H3/t10?,15-/m0/s1. The Balaban J connectivity index is 3.01. The number of benzene rings is 1. The van der Waals surface area contributed by atoms with Crippen molar-refractivity contribution in [1.29, 1.82) is 0 Å². The van der Waals surface area contributed by atoms with Crippen molar-refractivity contribution in [3.8, 4) is 0 Å². The Hall–Kier alpha value is -1.55. The second-order valence-corrected chi connectivity index (χ2v) is 5.38. The molecule has 3 nitrogen and oxygen atoms in total. The van der Waals surface area contributed by atoms with Crippen molar-refractivity contribution in [2.45, 2.75) is 39.7 Å². The SMILES string of the molecule is CC(=O)C(C)C(=O)C[C@](C)(N)c1cc(C)ccc1F. The second-order valence-electron chi connectivity index (χ2n) is 5.38. The molecule has 4 heteroatoms. The maximum absolute atomic E-state index is 13.8. The molecule has 0 radical (unpaired) electrons. The Morgan fingerprint density at radius 2 is 2.00 bits per heavy atom. The fourth-order valence-corrected chi connectivity index (χ4v) is 1.91. The maximum Gasteiger partial charge on any atom is 0.145 e. The van der Waals surface area contributed by atoms with E-state index in [1.165, 1.54) is 13.0 Å². The average molecular weight is 265 g/mol. The van der Waals surface area contributed by atoms with Gasteiger partial charge in [-0.05, 0) is 33.8 Å². The molecule has 0 aliphatic rings. The topological polar surface area (TPSA) is 60.2 Å². The molecule has 1 rings (SSSR count). The van der Waals surface area contributed by atoms with Crippen LogP contribution in [-0.4, -0.2) is 11.6 Å². The lowest BCUT2D eigenvalue weighted by molar-refractivity contribution is -0.131. The van der Waals surface area contributed by atoms with Crippen LogP contribution in [0.15, 0.2) is 18.2 Å². The normalized spacial score (nSPS) is 15.7. The zero-order valence-electron chi connectivity index (χ0n) is 11.8. The average Bonchev–Trinajstić information content (AvgIpc) is 2.30. The number of ketones is 2. The van der Waals surface area contributed by atoms with Gasteiger partial charge in [0.05, 0.1) is 5.92 Å². The molecule has 0 aromatic heterocycles. The monoisotopic (exact) mass is 265 g/mol. The quantitative estimate of drug-likeness (QED) is 0.832. The summed E-state index contributed by atoms with van der Waals surface area (Å²) in [5, 5.41) is 0. The number of hydrogen-bond acceptors (Lipinski definition) is 3. The molecule has 0 amide bonds. The smallest absolute Gasteiger partial charge is 0.145 e. The van der Waals surface area contributed by atoms with E-state index >= 15 is 0 Å². The Morgan fingerprint density at radius 1 is 1.42 bits per heavy atom. The third kappa shape index (κ3) is 3.70. The van der Waals surface area contributed by atoms with Crippen molar-refractivity contribution < 1.29 is 14.0 Å². The first-order chi connectivity index (χ1) is 8.65. The number of Topliss-reactive ketones (excluding diaryl/α,β-unsaturated/α-hetero) is 2. The molecule has 104 valence electrons. The lowest BCUT2D eigenvalue weighted by atomic mass is 9.83. The molecule has 1 unspecified atom stereocenters. The van der Waals surface area contributed by atoms with Crippen LogP contribution in [0.2, 0.25) is 0 Å². The highest BCUT2D eigenvalue weighted by Gasteiger charge is 2.30. The van der Waals surface area contributed by atoms with Gasteiger partial charge in [-0.1, -0.05) is 17.7 Å². The molecule has 0 heterocycles. The highest BCUT2D eigenvalue weighted by atomic mass is 19.1. The van der Waals surface area contributed by atoms with Crippen molar-refractivity contribution in [2.75, 3.05) is 0 Å². The van der Waals surface area contributed by atoms with E-state index in [4.69, 9.17) is 5.73 Å². The van der Waals surface area contributed by atoms with Gasteiger partial charge in [-0.3, -0.25) is 9.59 Å². The minimum Gasteiger partial charge on any atom is -0.321 e. The molecule has 0 saturated carbocycles. The zero-order valence-corrected chi connectivity index (χ0v) is 11.8. The van der Waals surface area contributed by atoms with Crippen molar-refractivity contribution in [3.05, 3.63) is 35.1 Å². The van der Waals surface area contributed by atoms with Crippen LogP contribution in [0.3, 0.4) is 0 Å². The van der Waals surface area contributed by atoms with Crippen LogP contribution in [0.1, 0.15) is 38.3 Å². The molecule has 1 aromatic carbocycles. The van der Waals surface area contributed by atoms with Gasteiger partial charge >= 0.3 is 0 Å². The van der Waals surface area contributed by atoms with E-state index in [0.717, 1.165) is 5.56 Å². The number of halogens is 1. The lowest BCUT2D eigenvalue weighted by Gasteiger charge is -2.26. The predicted octanol–water partition coefficient (Wildman–Crippen LogP) is 2.49. The van der Waals surface area contributed by atoms with E-state index in [2.05, 4.69) is 0 Å². The highest BCUT2D eigenvalue weighted by molar-refractivity contribution is 6.01. The van der Waals surface area contributed by atoms with E-state index < -0.39 is 17.3 Å². The number of aryl methyl sites for hydroxylation is 1. The summed E-state index contributed by atoms with van der Waals surface area (Å²) in [4.78, 5) is 23.1. The van der Waals surface area contributed by atoms with E-state index in [0.29, 0.717) is 5.56 Å². The van der Waals surface area contributed by atoms with Gasteiger partial charge in [0.15, 0.2) is 0 Å². The van der Waals surface area contributed by atoms with Crippen molar-refractivity contribution in [2.24, 2.45) is 11.7 Å². The summed E-state index contributed by atoms with van der Waals surface area (Å²) in [5.41, 5.74) is 6.14. The van der Waals surface area contributed by atoms with Gasteiger partial charge < -0.3 is 5.73 Å². The maximum atomic E-state index is 13.8. The molecule has 1 aromatic rings. The summed E-state index contributed by atoms with van der Waals surface area (Å²) >= 11 is 0. The summed E-state index contributed by atoms with van der Waals surface area (Å²) in [5.74, 6) is -1.60. The molecule has 2 atom stereocenters. The molecule has 0 aliphatic carbocycles. The fourth-order valence-electron chi connectivity index (χ4n) is 1.91. The molecule has 0 spiro atoms. The number of rotatable bonds is 5. The van der Waals surface area contributed by atoms with E-state index in [1.807, 2.05) is 6.92 Å². The number of carbonyl (C=O) groups is 2. The van der Waals surface area contributed by atoms with E-state index in [9.17, 15) is 14.0 Å². The number of hydrogen-bond donors (Lipinski definition) is 1. The molecule has 0 fully saturated rings. The lowest BCUT2D eigenvalue weighted by Crippen LogP contribution is -2.38. The zero-order chi connectivity index (χ0) is 14.8. The second kappa shape index (κ2) is 5.61. The summed E-state index contributed by atoms with van der Waals surface area (Å²) < 4.78 is 13.8. The Morgan fingerprint density at radius 3 is 2.53 bits per heavy atom. The van der Waals surface area contributed by atoms with Crippen LogP contribution in [0, 0.1) is 18.7 Å². The van der Waals surface area contributed by atoms with Gasteiger partial charge in [0.25, 0.3) is 0 Å². The van der Waals surface area contributed by atoms with Crippen molar-refractivity contribution in [3.63, 3.8) is 0 Å². The third-order valence-corrected chi connectivity index (χ3v) is 3.37. The fraction of sp³-hybridized carbons (Fsp3) is 0.467. The summed E-state index contributed by atoms with van der Waals surface area (Å²) in [7, 11) is 0. The van der Waals surface area contributed by atoms with Gasteiger partial charge in [0.1, 0.15) is 17.4 Å². The van der Waals surface area contributed by atoms with Crippen LogP contribution in [0.25, 0.3) is 0 Å². The van der Waals surface area contributed by atoms with Crippen molar-refractivity contribution in [1.82, 2.24) is 0 Å². The Labute approximate surface area is 113 Å². The number of nitrogens with two attached hydrogens (primary N) is 1. The highest BCUT2D eigenvalue weighted by Crippen LogP contribution is 2.27. The van der Waals surface area contributed by atoms with Gasteiger partial charge in [0, 0.05) is 17.5 Å². The summed E-state index contributed by atoms with van der Waals surface area (Å²) in [6.07, 6.45) is -0.0614. The minimum absolute atomic E-state index is 0.0614. The Bertz CT molecular complexity index is 509. The first-order valence-electron chi connectivity index (χ1n) is 6.24. The van der Waals surface area contributed by atoms with Crippen LogP contribution in [0.4, 0.5) is 4.39 Å². The van der Waals surface area contributed by atoms with E-state index in [-0.39, 0.29) is 18.0 Å². The number of carbonyl (C=O) groups excluding carboxylic acids is 2. The Kier molecular flexibility index (Phi) is 4.58. The molecule has 0 bridgehead atoms. The van der Waals surface area contributed by atoms with Crippen LogP contribution in [0.5, 0.6) is 0 Å². The summed E-state index contributed by atoms with van der Waals surface area (Å²) in [6, 6.07) is 4.63. The van der Waals surface area contributed by atoms with Gasteiger partial charge in [-0.2, -0.15) is 0 Å². The molecule has 0 aliphatic heterocycles. The first-order valence-corrected chi connectivity index (χ1v) is 6.24. The summed E-state index contributed by atoms with van der Waals surface area (Å²) in [6.45, 7) is 6.35. The first kappa shape index (κ1) is 15.5. The molecular weight excluding hydrogens is 245 g/mol. The van der Waals surface area contributed by atoms with E-state index in [1.54, 1.807) is 26.0 Å². The van der Waals surface area contributed by atoms with Gasteiger partial charge in [0.2, 0.25) is 0 Å². The largest absolute Gasteiger partial charge is 0.321 e. The predicted molar refractivity (Wildman–Crippen MR) is 72.1 cm³/mol. The molecule has 0 saturated heterocycles. The van der Waals surface area contributed by atoms with Gasteiger partial charge in [-0.15, -0.1) is 0 Å². The van der Waals surface area contributed by atoms with Crippen LogP contribution >= 0.6 is 0 Å². The minimum atomic E-state index is -1.11. The molecule has 19 heavy (non-hydrogen) atoms. The van der Waals surface area contributed by atoms with Crippen LogP contribution < -0.4 is 5.73 Å².